The number of hydrogen-bond acceptors (Lipinski definition) is 4. The fraction of sp³-hybridized carbons (Fsp3) is 0.235. The van der Waals surface area contributed by atoms with Crippen molar-refractivity contribution in [2.75, 3.05) is 11.4 Å². The van der Waals surface area contributed by atoms with Crippen LogP contribution in [0.2, 0.25) is 0 Å². The number of anilines is 1. The molecule has 1 aromatic heterocycles. The minimum absolute atomic E-state index is 0.202. The Morgan fingerprint density at radius 1 is 1.18 bits per heavy atom. The van der Waals surface area contributed by atoms with Crippen molar-refractivity contribution in [1.82, 2.24) is 4.98 Å². The SMILES string of the molecule is CC(OC(=O)c1ccncc1)C(=O)N1CCc2ccccc21. The number of carbonyl (C=O) groups excluding carboxylic acids is 2. The Labute approximate surface area is 128 Å². The maximum atomic E-state index is 12.5. The maximum Gasteiger partial charge on any atom is 0.339 e. The van der Waals surface area contributed by atoms with Crippen LogP contribution in [-0.4, -0.2) is 29.5 Å². The largest absolute Gasteiger partial charge is 0.449 e. The van der Waals surface area contributed by atoms with Gasteiger partial charge in [-0.3, -0.25) is 9.78 Å². The van der Waals surface area contributed by atoms with Crippen molar-refractivity contribution in [3.05, 3.63) is 59.9 Å². The third-order valence-electron chi connectivity index (χ3n) is 3.70. The summed E-state index contributed by atoms with van der Waals surface area (Å²) in [5.41, 5.74) is 2.43. The Bertz CT molecular complexity index is 700. The van der Waals surface area contributed by atoms with Crippen LogP contribution in [0.1, 0.15) is 22.8 Å². The summed E-state index contributed by atoms with van der Waals surface area (Å²) in [5, 5.41) is 0. The summed E-state index contributed by atoms with van der Waals surface area (Å²) in [6, 6.07) is 10.9. The summed E-state index contributed by atoms with van der Waals surface area (Å²) in [6.07, 6.45) is 3.03. The highest BCUT2D eigenvalue weighted by atomic mass is 16.5. The minimum Gasteiger partial charge on any atom is -0.449 e. The lowest BCUT2D eigenvalue weighted by atomic mass is 10.2. The number of ether oxygens (including phenoxy) is 1. The molecule has 1 unspecified atom stereocenters. The average Bonchev–Trinajstić information content (AvgIpc) is 2.99. The van der Waals surface area contributed by atoms with Gasteiger partial charge in [0.25, 0.3) is 5.91 Å². The second kappa shape index (κ2) is 5.97. The van der Waals surface area contributed by atoms with Crippen LogP contribution in [0.15, 0.2) is 48.8 Å². The predicted octanol–water partition coefficient (Wildman–Crippen LogP) is 2.22. The number of amides is 1. The van der Waals surface area contributed by atoms with Crippen molar-refractivity contribution in [1.29, 1.82) is 0 Å². The summed E-state index contributed by atoms with van der Waals surface area (Å²) in [7, 11) is 0. The van der Waals surface area contributed by atoms with Gasteiger partial charge in [0.15, 0.2) is 6.10 Å². The lowest BCUT2D eigenvalue weighted by Gasteiger charge is -2.21. The van der Waals surface area contributed by atoms with Gasteiger partial charge >= 0.3 is 5.97 Å². The van der Waals surface area contributed by atoms with E-state index in [0.29, 0.717) is 12.1 Å². The van der Waals surface area contributed by atoms with Crippen LogP contribution in [0.25, 0.3) is 0 Å². The molecule has 22 heavy (non-hydrogen) atoms. The van der Waals surface area contributed by atoms with Gasteiger partial charge < -0.3 is 9.64 Å². The van der Waals surface area contributed by atoms with Gasteiger partial charge in [0.2, 0.25) is 0 Å². The minimum atomic E-state index is -0.827. The van der Waals surface area contributed by atoms with E-state index in [1.54, 1.807) is 24.0 Å². The molecular formula is C17H16N2O3. The third-order valence-corrected chi connectivity index (χ3v) is 3.70. The van der Waals surface area contributed by atoms with Crippen LogP contribution in [-0.2, 0) is 16.0 Å². The highest BCUT2D eigenvalue weighted by Crippen LogP contribution is 2.28. The molecule has 0 aliphatic carbocycles. The molecule has 0 saturated heterocycles. The number of para-hydroxylation sites is 1. The van der Waals surface area contributed by atoms with Crippen LogP contribution in [0.3, 0.4) is 0 Å². The summed E-state index contributed by atoms with van der Waals surface area (Å²) in [5.74, 6) is -0.719. The summed E-state index contributed by atoms with van der Waals surface area (Å²) < 4.78 is 5.27. The first-order valence-corrected chi connectivity index (χ1v) is 7.17. The number of pyridine rings is 1. The maximum absolute atomic E-state index is 12.5. The molecule has 0 fully saturated rings. The molecule has 112 valence electrons. The average molecular weight is 296 g/mol. The summed E-state index contributed by atoms with van der Waals surface area (Å²) in [4.78, 5) is 30.0. The zero-order chi connectivity index (χ0) is 15.5. The van der Waals surface area contributed by atoms with Gasteiger partial charge in [-0.1, -0.05) is 18.2 Å². The summed E-state index contributed by atoms with van der Waals surface area (Å²) in [6.45, 7) is 2.22. The number of aromatic nitrogens is 1. The number of hydrogen-bond donors (Lipinski definition) is 0. The number of esters is 1. The second-order valence-electron chi connectivity index (χ2n) is 5.15. The predicted molar refractivity (Wildman–Crippen MR) is 81.6 cm³/mol. The molecule has 0 bridgehead atoms. The standard InChI is InChI=1S/C17H16N2O3/c1-12(22-17(21)14-6-9-18-10-7-14)16(20)19-11-8-13-4-2-3-5-15(13)19/h2-7,9-10,12H,8,11H2,1H3. The quantitative estimate of drug-likeness (QED) is 0.815. The van der Waals surface area contributed by atoms with E-state index in [0.717, 1.165) is 17.7 Å². The van der Waals surface area contributed by atoms with Gasteiger partial charge in [-0.15, -0.1) is 0 Å². The molecule has 1 aliphatic rings. The number of fused-ring (bicyclic) bond motifs is 1. The Morgan fingerprint density at radius 2 is 1.91 bits per heavy atom. The molecule has 3 rings (SSSR count). The molecule has 0 radical (unpaired) electrons. The monoisotopic (exact) mass is 296 g/mol. The lowest BCUT2D eigenvalue weighted by molar-refractivity contribution is -0.126. The van der Waals surface area contributed by atoms with Gasteiger partial charge in [-0.05, 0) is 37.1 Å². The van der Waals surface area contributed by atoms with Crippen LogP contribution in [0.4, 0.5) is 5.69 Å². The van der Waals surface area contributed by atoms with Crippen LogP contribution in [0.5, 0.6) is 0 Å². The molecular weight excluding hydrogens is 280 g/mol. The smallest absolute Gasteiger partial charge is 0.339 e. The first kappa shape index (κ1) is 14.3. The van der Waals surface area contributed by atoms with E-state index in [4.69, 9.17) is 4.74 Å². The Kier molecular flexibility index (Phi) is 3.87. The van der Waals surface area contributed by atoms with Gasteiger partial charge in [-0.2, -0.15) is 0 Å². The zero-order valence-electron chi connectivity index (χ0n) is 12.2. The number of nitrogens with zero attached hydrogens (tertiary/aromatic N) is 2. The fourth-order valence-electron chi connectivity index (χ4n) is 2.55. The molecule has 5 nitrogen and oxygen atoms in total. The molecule has 1 aromatic carbocycles. The Morgan fingerprint density at radius 3 is 2.68 bits per heavy atom. The van der Waals surface area contributed by atoms with Gasteiger partial charge in [0.1, 0.15) is 0 Å². The van der Waals surface area contributed by atoms with Crippen molar-refractivity contribution in [2.45, 2.75) is 19.4 Å². The van der Waals surface area contributed by atoms with Crippen LogP contribution in [0, 0.1) is 0 Å². The first-order chi connectivity index (χ1) is 10.7. The fourth-order valence-corrected chi connectivity index (χ4v) is 2.55. The third kappa shape index (κ3) is 2.70. The number of rotatable bonds is 3. The van der Waals surface area contributed by atoms with E-state index in [-0.39, 0.29) is 5.91 Å². The zero-order valence-corrected chi connectivity index (χ0v) is 12.2. The molecule has 5 heteroatoms. The second-order valence-corrected chi connectivity index (χ2v) is 5.15. The van der Waals surface area contributed by atoms with Crippen molar-refractivity contribution in [2.24, 2.45) is 0 Å². The van der Waals surface area contributed by atoms with E-state index in [1.165, 1.54) is 12.4 Å². The van der Waals surface area contributed by atoms with E-state index >= 15 is 0 Å². The van der Waals surface area contributed by atoms with E-state index < -0.39 is 12.1 Å². The highest BCUT2D eigenvalue weighted by Gasteiger charge is 2.29. The molecule has 0 saturated carbocycles. The van der Waals surface area contributed by atoms with E-state index in [1.807, 2.05) is 24.3 Å². The van der Waals surface area contributed by atoms with Crippen LogP contribution >= 0.6 is 0 Å². The van der Waals surface area contributed by atoms with Crippen molar-refractivity contribution in [3.63, 3.8) is 0 Å². The van der Waals surface area contributed by atoms with E-state index in [2.05, 4.69) is 4.98 Å². The van der Waals surface area contributed by atoms with Gasteiger partial charge in [-0.25, -0.2) is 4.79 Å². The van der Waals surface area contributed by atoms with Crippen molar-refractivity contribution < 1.29 is 14.3 Å². The molecule has 1 atom stereocenters. The summed E-state index contributed by atoms with van der Waals surface area (Å²) >= 11 is 0. The van der Waals surface area contributed by atoms with Gasteiger partial charge in [0, 0.05) is 24.6 Å². The van der Waals surface area contributed by atoms with Gasteiger partial charge in [0.05, 0.1) is 5.56 Å². The molecule has 0 spiro atoms. The van der Waals surface area contributed by atoms with Crippen molar-refractivity contribution >= 4 is 17.6 Å². The topological polar surface area (TPSA) is 59.5 Å². The van der Waals surface area contributed by atoms with Crippen molar-refractivity contribution in [3.8, 4) is 0 Å². The molecule has 2 heterocycles. The molecule has 1 aliphatic heterocycles. The molecule has 0 N–H and O–H groups in total. The lowest BCUT2D eigenvalue weighted by Crippen LogP contribution is -2.39. The van der Waals surface area contributed by atoms with E-state index in [9.17, 15) is 9.59 Å². The number of carbonyl (C=O) groups is 2. The normalized spacial score (nSPS) is 14.3. The molecule has 2 aromatic rings. The van der Waals surface area contributed by atoms with Crippen LogP contribution < -0.4 is 4.90 Å². The molecule has 1 amide bonds. The number of benzene rings is 1. The Hall–Kier alpha value is -2.69. The highest BCUT2D eigenvalue weighted by molar-refractivity contribution is 6.00. The Balaban J connectivity index is 1.70. The first-order valence-electron chi connectivity index (χ1n) is 7.17.